The molecule has 1 aromatic rings. The molecule has 1 unspecified atom stereocenters. The summed E-state index contributed by atoms with van der Waals surface area (Å²) in [5.41, 5.74) is 1.24. The first-order valence-electron chi connectivity index (χ1n) is 6.27. The summed E-state index contributed by atoms with van der Waals surface area (Å²) in [5, 5.41) is 5.36. The lowest BCUT2D eigenvalue weighted by Crippen LogP contribution is -2.37. The van der Waals surface area contributed by atoms with Gasteiger partial charge in [-0.25, -0.2) is 0 Å². The standard InChI is InChI=1S/C14H18Cl3N/c1-14(2)7-3-4-12(14)18-8-9-10(15)5-6-11(16)13(9)17/h5-6,12,18H,3-4,7-8H2,1-2H3. The number of halogens is 3. The van der Waals surface area contributed by atoms with E-state index in [0.717, 1.165) is 5.56 Å². The highest BCUT2D eigenvalue weighted by Gasteiger charge is 2.34. The van der Waals surface area contributed by atoms with E-state index in [1.165, 1.54) is 19.3 Å². The van der Waals surface area contributed by atoms with Gasteiger partial charge in [-0.15, -0.1) is 0 Å². The first-order valence-corrected chi connectivity index (χ1v) is 7.41. The second kappa shape index (κ2) is 5.58. The zero-order valence-corrected chi connectivity index (χ0v) is 13.0. The third-order valence-corrected chi connectivity index (χ3v) is 5.12. The fraction of sp³-hybridized carbons (Fsp3) is 0.571. The molecule has 0 saturated heterocycles. The van der Waals surface area contributed by atoms with E-state index in [9.17, 15) is 0 Å². The predicted molar refractivity (Wildman–Crippen MR) is 79.7 cm³/mol. The van der Waals surface area contributed by atoms with Gasteiger partial charge in [0.2, 0.25) is 0 Å². The summed E-state index contributed by atoms with van der Waals surface area (Å²) < 4.78 is 0. The number of benzene rings is 1. The second-order valence-electron chi connectivity index (χ2n) is 5.64. The summed E-state index contributed by atoms with van der Waals surface area (Å²) in [6.45, 7) is 5.28. The van der Waals surface area contributed by atoms with E-state index < -0.39 is 0 Å². The van der Waals surface area contributed by atoms with Gasteiger partial charge in [0.25, 0.3) is 0 Å². The van der Waals surface area contributed by atoms with Crippen LogP contribution >= 0.6 is 34.8 Å². The molecule has 0 aromatic heterocycles. The fourth-order valence-corrected chi connectivity index (χ4v) is 3.34. The normalized spacial score (nSPS) is 22.4. The Bertz CT molecular complexity index is 443. The van der Waals surface area contributed by atoms with Crippen LogP contribution in [0.15, 0.2) is 12.1 Å². The van der Waals surface area contributed by atoms with Crippen molar-refractivity contribution in [2.45, 2.75) is 45.7 Å². The number of hydrogen-bond donors (Lipinski definition) is 1. The van der Waals surface area contributed by atoms with Crippen molar-refractivity contribution in [3.8, 4) is 0 Å². The molecule has 1 saturated carbocycles. The van der Waals surface area contributed by atoms with E-state index in [2.05, 4.69) is 19.2 Å². The lowest BCUT2D eigenvalue weighted by atomic mass is 9.87. The van der Waals surface area contributed by atoms with Gasteiger partial charge in [-0.2, -0.15) is 0 Å². The van der Waals surface area contributed by atoms with E-state index in [4.69, 9.17) is 34.8 Å². The monoisotopic (exact) mass is 305 g/mol. The molecule has 0 heterocycles. The molecule has 1 aliphatic rings. The maximum absolute atomic E-state index is 6.20. The molecule has 1 nitrogen and oxygen atoms in total. The number of rotatable bonds is 3. The summed E-state index contributed by atoms with van der Waals surface area (Å²) in [7, 11) is 0. The topological polar surface area (TPSA) is 12.0 Å². The van der Waals surface area contributed by atoms with Crippen molar-refractivity contribution < 1.29 is 0 Å². The van der Waals surface area contributed by atoms with Gasteiger partial charge in [0.15, 0.2) is 0 Å². The molecule has 100 valence electrons. The van der Waals surface area contributed by atoms with Crippen LogP contribution in [0.2, 0.25) is 15.1 Å². The van der Waals surface area contributed by atoms with E-state index in [0.29, 0.717) is 33.1 Å². The Morgan fingerprint density at radius 3 is 2.50 bits per heavy atom. The van der Waals surface area contributed by atoms with Gasteiger partial charge >= 0.3 is 0 Å². The smallest absolute Gasteiger partial charge is 0.0652 e. The van der Waals surface area contributed by atoms with Gasteiger partial charge in [0.1, 0.15) is 0 Å². The highest BCUT2D eigenvalue weighted by molar-refractivity contribution is 6.44. The van der Waals surface area contributed by atoms with Crippen molar-refractivity contribution in [2.24, 2.45) is 5.41 Å². The quantitative estimate of drug-likeness (QED) is 0.746. The Morgan fingerprint density at radius 2 is 1.89 bits per heavy atom. The summed E-state index contributed by atoms with van der Waals surface area (Å²) >= 11 is 18.4. The number of nitrogens with one attached hydrogen (secondary N) is 1. The molecular formula is C14H18Cl3N. The van der Waals surface area contributed by atoms with Gasteiger partial charge in [0.05, 0.1) is 10.0 Å². The maximum Gasteiger partial charge on any atom is 0.0652 e. The molecule has 1 N–H and O–H groups in total. The molecule has 1 fully saturated rings. The van der Waals surface area contributed by atoms with Crippen molar-refractivity contribution in [3.05, 3.63) is 32.8 Å². The van der Waals surface area contributed by atoms with Crippen LogP contribution in [0.1, 0.15) is 38.7 Å². The molecular weight excluding hydrogens is 289 g/mol. The maximum atomic E-state index is 6.20. The van der Waals surface area contributed by atoms with E-state index in [-0.39, 0.29) is 0 Å². The van der Waals surface area contributed by atoms with Crippen LogP contribution in [0.3, 0.4) is 0 Å². The van der Waals surface area contributed by atoms with Crippen LogP contribution in [-0.4, -0.2) is 6.04 Å². The minimum Gasteiger partial charge on any atom is -0.309 e. The van der Waals surface area contributed by atoms with Gasteiger partial charge in [0, 0.05) is 23.2 Å². The van der Waals surface area contributed by atoms with Crippen molar-refractivity contribution in [3.63, 3.8) is 0 Å². The summed E-state index contributed by atoms with van der Waals surface area (Å²) in [4.78, 5) is 0. The lowest BCUT2D eigenvalue weighted by Gasteiger charge is -2.28. The number of hydrogen-bond acceptors (Lipinski definition) is 1. The Balaban J connectivity index is 2.09. The molecule has 0 bridgehead atoms. The molecule has 0 aliphatic heterocycles. The average Bonchev–Trinajstić information content (AvgIpc) is 2.64. The highest BCUT2D eigenvalue weighted by Crippen LogP contribution is 2.38. The van der Waals surface area contributed by atoms with Gasteiger partial charge in [-0.05, 0) is 30.4 Å². The first-order chi connectivity index (χ1) is 8.42. The fourth-order valence-electron chi connectivity index (χ4n) is 2.66. The highest BCUT2D eigenvalue weighted by atomic mass is 35.5. The van der Waals surface area contributed by atoms with Gasteiger partial charge < -0.3 is 5.32 Å². The van der Waals surface area contributed by atoms with E-state index >= 15 is 0 Å². The summed E-state index contributed by atoms with van der Waals surface area (Å²) in [6.07, 6.45) is 3.76. The molecule has 0 amide bonds. The zero-order valence-electron chi connectivity index (χ0n) is 10.7. The van der Waals surface area contributed by atoms with Crippen LogP contribution in [0.25, 0.3) is 0 Å². The Hall–Kier alpha value is 0.0500. The zero-order chi connectivity index (χ0) is 13.3. The summed E-state index contributed by atoms with van der Waals surface area (Å²) in [6, 6.07) is 4.05. The molecule has 0 spiro atoms. The Kier molecular flexibility index (Phi) is 4.48. The first kappa shape index (κ1) is 14.5. The van der Waals surface area contributed by atoms with E-state index in [1.54, 1.807) is 12.1 Å². The van der Waals surface area contributed by atoms with Crippen molar-refractivity contribution in [2.75, 3.05) is 0 Å². The third-order valence-electron chi connectivity index (χ3n) is 3.92. The molecule has 0 radical (unpaired) electrons. The Morgan fingerprint density at radius 1 is 1.22 bits per heavy atom. The molecule has 1 aromatic carbocycles. The molecule has 1 atom stereocenters. The van der Waals surface area contributed by atoms with Crippen LogP contribution in [-0.2, 0) is 6.54 Å². The second-order valence-corrected chi connectivity index (χ2v) is 6.83. The van der Waals surface area contributed by atoms with Gasteiger partial charge in [-0.1, -0.05) is 55.1 Å². The average molecular weight is 307 g/mol. The van der Waals surface area contributed by atoms with Gasteiger partial charge in [-0.3, -0.25) is 0 Å². The van der Waals surface area contributed by atoms with Crippen LogP contribution < -0.4 is 5.32 Å². The minimum atomic E-state index is 0.345. The van der Waals surface area contributed by atoms with Crippen LogP contribution in [0, 0.1) is 5.41 Å². The Labute approximate surface area is 124 Å². The molecule has 1 aliphatic carbocycles. The third kappa shape index (κ3) is 2.96. The largest absolute Gasteiger partial charge is 0.309 e. The molecule has 2 rings (SSSR count). The molecule has 18 heavy (non-hydrogen) atoms. The van der Waals surface area contributed by atoms with Crippen LogP contribution in [0.5, 0.6) is 0 Å². The van der Waals surface area contributed by atoms with Crippen molar-refractivity contribution in [1.29, 1.82) is 0 Å². The van der Waals surface area contributed by atoms with Crippen molar-refractivity contribution >= 4 is 34.8 Å². The minimum absolute atomic E-state index is 0.345. The SMILES string of the molecule is CC1(C)CCCC1NCc1c(Cl)ccc(Cl)c1Cl. The predicted octanol–water partition coefficient (Wildman–Crippen LogP) is 5.32. The molecule has 4 heteroatoms. The van der Waals surface area contributed by atoms with E-state index in [1.807, 2.05) is 0 Å². The van der Waals surface area contributed by atoms with Crippen LogP contribution in [0.4, 0.5) is 0 Å². The van der Waals surface area contributed by atoms with Crippen molar-refractivity contribution in [1.82, 2.24) is 5.32 Å². The lowest BCUT2D eigenvalue weighted by molar-refractivity contribution is 0.282. The summed E-state index contributed by atoms with van der Waals surface area (Å²) in [5.74, 6) is 0.